The molecule has 17 nitrogen and oxygen atoms in total. The van der Waals surface area contributed by atoms with Crippen LogP contribution < -0.4 is 0 Å². The van der Waals surface area contributed by atoms with E-state index in [0.717, 1.165) is 0 Å². The molecule has 0 aliphatic carbocycles. The van der Waals surface area contributed by atoms with Gasteiger partial charge in [-0.25, -0.2) is 0 Å². The molecule has 0 bridgehead atoms. The predicted molar refractivity (Wildman–Crippen MR) is 208 cm³/mol. The van der Waals surface area contributed by atoms with Crippen molar-refractivity contribution in [1.82, 2.24) is 4.90 Å². The van der Waals surface area contributed by atoms with Crippen LogP contribution in [-0.2, 0) is 38.0 Å². The zero-order valence-electron chi connectivity index (χ0n) is 35.3. The summed E-state index contributed by atoms with van der Waals surface area (Å²) in [5, 5.41) is 66.2. The van der Waals surface area contributed by atoms with Crippen molar-refractivity contribution in [2.45, 2.75) is 179 Å². The number of cyclic esters (lactones) is 1. The van der Waals surface area contributed by atoms with Crippen LogP contribution in [0, 0.1) is 34.3 Å². The number of hydrogen-bond donors (Lipinski definition) is 6. The molecular weight excluding hydrogens is 756 g/mol. The van der Waals surface area contributed by atoms with Gasteiger partial charge in [0.25, 0.3) is 0 Å². The van der Waals surface area contributed by atoms with Gasteiger partial charge in [0.1, 0.15) is 35.1 Å². The smallest absolute Gasteiger partial charge is 0.311 e. The van der Waals surface area contributed by atoms with Crippen molar-refractivity contribution in [2.24, 2.45) is 23.7 Å². The van der Waals surface area contributed by atoms with Gasteiger partial charge in [-0.05, 0) is 74.9 Å². The van der Waals surface area contributed by atoms with Crippen LogP contribution in [0.1, 0.15) is 94.9 Å². The number of methoxy groups -OCH3 is 1. The first kappa shape index (κ1) is 54.5. The number of thiol groups is 1. The second-order valence-corrected chi connectivity index (χ2v) is 16.8. The predicted octanol–water partition coefficient (Wildman–Crippen LogP) is 0.533. The van der Waals surface area contributed by atoms with Crippen molar-refractivity contribution in [3.05, 3.63) is 0 Å². The highest BCUT2D eigenvalue weighted by molar-refractivity contribution is 7.85. The standard InChI is InChI=1S/C37H67NO13.CHNS.2H2O/c1-14-25-37(10,45)30(41)20(4)27(39)18(2)16-35(8,44)32(51-34-28(40)24(38(11)12)15-19(3)47-34)21(5)29(22(6)33(43)49-25)50-26-17-36(9,46-13)31(42)23(7)48-26;2-1-3;;/h18-26,28-32,34,40-42,44-45H,14-17H2,1-13H3;3H;2*1H2/t18-,19-,20+,21-,22-,23+,24+,25-,26+,28-,29+,30-,31+,32-,34+,35-,36-,37-;;;/m1.../s1. The fraction of sp³-hybridized carbons (Fsp3) is 0.921. The van der Waals surface area contributed by atoms with Gasteiger partial charge in [0, 0.05) is 37.3 Å². The molecule has 0 amide bonds. The number of Topliss-reactive ketones (excluding diaryl/α,β-unsaturated/α-hetero) is 1. The Morgan fingerprint density at radius 2 is 1.48 bits per heavy atom. The van der Waals surface area contributed by atoms with E-state index in [4.69, 9.17) is 33.7 Å². The molecule has 3 heterocycles. The van der Waals surface area contributed by atoms with E-state index in [-0.39, 0.29) is 42.4 Å². The zero-order valence-corrected chi connectivity index (χ0v) is 36.2. The molecule has 56 heavy (non-hydrogen) atoms. The topological polar surface area (TPSA) is 281 Å². The molecule has 0 radical (unpaired) electrons. The van der Waals surface area contributed by atoms with Gasteiger partial charge in [-0.3, -0.25) is 9.59 Å². The van der Waals surface area contributed by atoms with Gasteiger partial charge < -0.3 is 69.8 Å². The first-order valence-electron chi connectivity index (χ1n) is 18.9. The SMILES string of the molecule is CC[C@H]1OC(=O)[C@H](C)[C@@H](O[C@H]2C[C@@](C)(OC)[C@@H](O)[C@H](C)O2)[C@@H](C)[C@@H](O[C@@H]2O[C@H](C)C[C@H](N(C)C)[C@H]2O)[C@](C)(O)C[C@@H](C)C(=O)[C@H](C)[C@@H](O)[C@]1(C)O.N#CS.O.O. The van der Waals surface area contributed by atoms with Crippen LogP contribution >= 0.6 is 12.6 Å². The number of ether oxygens (including phenoxy) is 6. The second kappa shape index (κ2) is 22.2. The number of ketones is 1. The lowest BCUT2D eigenvalue weighted by Gasteiger charge is -2.49. The third kappa shape index (κ3) is 12.5. The summed E-state index contributed by atoms with van der Waals surface area (Å²) in [6.07, 6.45) is -9.71. The molecular formula is C38H72N2O15S. The number of nitrogens with zero attached hydrogens (tertiary/aromatic N) is 2. The lowest BCUT2D eigenvalue weighted by Crippen LogP contribution is -2.61. The minimum Gasteiger partial charge on any atom is -0.459 e. The fourth-order valence-corrected chi connectivity index (χ4v) is 8.41. The fourth-order valence-electron chi connectivity index (χ4n) is 8.41. The van der Waals surface area contributed by atoms with Crippen molar-refractivity contribution >= 4 is 24.4 Å². The largest absolute Gasteiger partial charge is 0.459 e. The van der Waals surface area contributed by atoms with Gasteiger partial charge in [-0.1, -0.05) is 40.3 Å². The molecule has 3 fully saturated rings. The van der Waals surface area contributed by atoms with Crippen LogP contribution in [0.15, 0.2) is 0 Å². The lowest BCUT2D eigenvalue weighted by molar-refractivity contribution is -0.318. The first-order valence-corrected chi connectivity index (χ1v) is 19.4. The van der Waals surface area contributed by atoms with Crippen molar-refractivity contribution in [3.8, 4) is 5.40 Å². The molecule has 3 saturated heterocycles. The monoisotopic (exact) mass is 828 g/mol. The Kier molecular flexibility index (Phi) is 21.6. The van der Waals surface area contributed by atoms with Gasteiger partial charge in [0.15, 0.2) is 12.6 Å². The molecule has 18 heteroatoms. The number of likely N-dealkylation sites (N-methyl/N-ethyl adjacent to an activating group) is 1. The van der Waals surface area contributed by atoms with E-state index in [1.54, 1.807) is 41.5 Å². The highest BCUT2D eigenvalue weighted by atomic mass is 32.1. The van der Waals surface area contributed by atoms with Crippen molar-refractivity contribution in [2.75, 3.05) is 21.2 Å². The molecule has 330 valence electrons. The van der Waals surface area contributed by atoms with Gasteiger partial charge in [-0.2, -0.15) is 5.26 Å². The first-order chi connectivity index (χ1) is 24.8. The maximum absolute atomic E-state index is 14.1. The molecule has 0 aromatic carbocycles. The number of aliphatic hydroxyl groups is 5. The molecule has 18 atom stereocenters. The van der Waals surface area contributed by atoms with Crippen LogP contribution in [0.5, 0.6) is 0 Å². The molecule has 3 rings (SSSR count). The van der Waals surface area contributed by atoms with E-state index in [2.05, 4.69) is 12.6 Å². The van der Waals surface area contributed by atoms with Crippen LogP contribution in [0.3, 0.4) is 0 Å². The number of carbonyl (C=O) groups excluding carboxylic acids is 2. The van der Waals surface area contributed by atoms with Crippen LogP contribution in [0.4, 0.5) is 0 Å². The highest BCUT2D eigenvalue weighted by Gasteiger charge is 2.53. The molecule has 0 aromatic heterocycles. The summed E-state index contributed by atoms with van der Waals surface area (Å²) in [7, 11) is 5.18. The van der Waals surface area contributed by atoms with Gasteiger partial charge >= 0.3 is 5.97 Å². The number of rotatable bonds is 7. The van der Waals surface area contributed by atoms with E-state index < -0.39 is 108 Å². The number of hydrogen-bond acceptors (Lipinski definition) is 16. The Morgan fingerprint density at radius 3 is 1.98 bits per heavy atom. The maximum atomic E-state index is 14.1. The zero-order chi connectivity index (χ0) is 41.7. The van der Waals surface area contributed by atoms with Crippen LogP contribution in [-0.4, -0.2) is 159 Å². The van der Waals surface area contributed by atoms with Gasteiger partial charge in [0.2, 0.25) is 0 Å². The number of esters is 1. The Hall–Kier alpha value is -1.54. The summed E-state index contributed by atoms with van der Waals surface area (Å²) < 4.78 is 37.1. The number of aliphatic hydroxyl groups excluding tert-OH is 3. The summed E-state index contributed by atoms with van der Waals surface area (Å²) in [6, 6.07) is -0.324. The van der Waals surface area contributed by atoms with E-state index >= 15 is 0 Å². The van der Waals surface area contributed by atoms with E-state index in [1.165, 1.54) is 33.3 Å². The van der Waals surface area contributed by atoms with Crippen molar-refractivity contribution < 1.29 is 74.5 Å². The van der Waals surface area contributed by atoms with Gasteiger partial charge in [-0.15, -0.1) is 0 Å². The Labute approximate surface area is 337 Å². The van der Waals surface area contributed by atoms with E-state index in [1.807, 2.05) is 25.9 Å². The summed E-state index contributed by atoms with van der Waals surface area (Å²) >= 11 is 3.09. The second-order valence-electron chi connectivity index (χ2n) is 16.6. The Bertz CT molecular complexity index is 1270. The molecule has 0 unspecified atom stereocenters. The highest BCUT2D eigenvalue weighted by Crippen LogP contribution is 2.40. The molecule has 0 aromatic rings. The Morgan fingerprint density at radius 1 is 0.929 bits per heavy atom. The van der Waals surface area contributed by atoms with Gasteiger partial charge in [0.05, 0.1) is 47.6 Å². The van der Waals surface area contributed by atoms with Crippen molar-refractivity contribution in [1.29, 1.82) is 5.26 Å². The molecule has 0 spiro atoms. The summed E-state index contributed by atoms with van der Waals surface area (Å²) in [6.45, 7) is 16.3. The third-order valence-corrected chi connectivity index (χ3v) is 11.8. The van der Waals surface area contributed by atoms with Crippen molar-refractivity contribution in [3.63, 3.8) is 0 Å². The molecule has 0 saturated carbocycles. The van der Waals surface area contributed by atoms with Crippen LogP contribution in [0.2, 0.25) is 0 Å². The summed E-state index contributed by atoms with van der Waals surface area (Å²) in [5.41, 5.74) is -4.84. The lowest BCUT2D eigenvalue weighted by atomic mass is 9.74. The quantitative estimate of drug-likeness (QED) is 0.116. The van der Waals surface area contributed by atoms with Crippen LogP contribution in [0.25, 0.3) is 0 Å². The average molecular weight is 829 g/mol. The normalized spacial score (nSPS) is 45.4. The minimum absolute atomic E-state index is 0. The third-order valence-electron chi connectivity index (χ3n) is 11.8. The van der Waals surface area contributed by atoms with E-state index in [0.29, 0.717) is 6.42 Å². The maximum Gasteiger partial charge on any atom is 0.311 e. The molecule has 3 aliphatic heterocycles. The summed E-state index contributed by atoms with van der Waals surface area (Å²) in [4.78, 5) is 29.8. The number of thiocyanates is 1. The number of carbonyl (C=O) groups is 2. The number of nitriles is 1. The average Bonchev–Trinajstić information content (AvgIpc) is 3.09. The molecule has 9 N–H and O–H groups in total. The molecule has 3 aliphatic rings. The Balaban J connectivity index is 0.00000585. The minimum atomic E-state index is -1.99. The van der Waals surface area contributed by atoms with E-state index in [9.17, 15) is 35.1 Å². The summed E-state index contributed by atoms with van der Waals surface area (Å²) in [5.74, 6) is -4.98.